The average Bonchev–Trinajstić information content (AvgIpc) is 3.13. The molecule has 1 heterocycles. The summed E-state index contributed by atoms with van der Waals surface area (Å²) in [5.74, 6) is 2.49. The van der Waals surface area contributed by atoms with Crippen LogP contribution in [0.15, 0.2) is 35.8 Å². The second kappa shape index (κ2) is 6.99. The maximum absolute atomic E-state index is 12.7. The molecule has 1 aromatic carbocycles. The van der Waals surface area contributed by atoms with Gasteiger partial charge in [-0.1, -0.05) is 0 Å². The molecular formula is C22H25N3O2S. The molecule has 4 bridgehead atoms. The minimum Gasteiger partial charge on any atom is -0.326 e. The van der Waals surface area contributed by atoms with Gasteiger partial charge < -0.3 is 5.32 Å². The SMILES string of the molecule is O=C(CC12CC3CC(CC(C3)C1)C2)Nc1ccc(C(=O)Nc2nccs2)cc1. The van der Waals surface area contributed by atoms with Gasteiger partial charge in [0.15, 0.2) is 5.13 Å². The molecule has 146 valence electrons. The fraction of sp³-hybridized carbons (Fsp3) is 0.500. The molecule has 0 spiro atoms. The highest BCUT2D eigenvalue weighted by Crippen LogP contribution is 2.61. The quantitative estimate of drug-likeness (QED) is 0.753. The van der Waals surface area contributed by atoms with Crippen molar-refractivity contribution in [2.24, 2.45) is 23.2 Å². The van der Waals surface area contributed by atoms with E-state index in [4.69, 9.17) is 0 Å². The number of thiazole rings is 1. The first-order chi connectivity index (χ1) is 13.6. The number of hydrogen-bond acceptors (Lipinski definition) is 4. The third kappa shape index (κ3) is 3.58. The number of nitrogens with zero attached hydrogens (tertiary/aromatic N) is 1. The zero-order valence-corrected chi connectivity index (χ0v) is 16.6. The lowest BCUT2D eigenvalue weighted by Gasteiger charge is -2.56. The van der Waals surface area contributed by atoms with Gasteiger partial charge in [-0.15, -0.1) is 11.3 Å². The lowest BCUT2D eigenvalue weighted by molar-refractivity contribution is -0.124. The van der Waals surface area contributed by atoms with E-state index in [0.717, 1.165) is 23.4 Å². The van der Waals surface area contributed by atoms with Gasteiger partial charge in [-0.2, -0.15) is 0 Å². The first kappa shape index (κ1) is 17.9. The van der Waals surface area contributed by atoms with Crippen molar-refractivity contribution in [3.63, 3.8) is 0 Å². The van der Waals surface area contributed by atoms with Gasteiger partial charge in [-0.25, -0.2) is 4.98 Å². The van der Waals surface area contributed by atoms with Gasteiger partial charge in [0.05, 0.1) is 0 Å². The standard InChI is InChI=1S/C22H25N3O2S/c26-19(13-22-10-14-7-15(11-22)9-16(8-14)12-22)24-18-3-1-17(2-4-18)20(27)25-21-23-5-6-28-21/h1-6,14-16H,7-13H2,(H,24,26)(H,23,25,27). The third-order valence-electron chi connectivity index (χ3n) is 6.78. The van der Waals surface area contributed by atoms with Gasteiger partial charge in [0.2, 0.25) is 5.91 Å². The Balaban J connectivity index is 1.19. The smallest absolute Gasteiger partial charge is 0.257 e. The van der Waals surface area contributed by atoms with Crippen molar-refractivity contribution in [3.8, 4) is 0 Å². The first-order valence-corrected chi connectivity index (χ1v) is 11.1. The number of rotatable bonds is 5. The van der Waals surface area contributed by atoms with Crippen LogP contribution < -0.4 is 10.6 Å². The molecule has 0 radical (unpaired) electrons. The number of benzene rings is 1. The minimum atomic E-state index is -0.193. The van der Waals surface area contributed by atoms with Crippen LogP contribution in [0.5, 0.6) is 0 Å². The Morgan fingerprint density at radius 3 is 2.21 bits per heavy atom. The Morgan fingerprint density at radius 2 is 1.64 bits per heavy atom. The van der Waals surface area contributed by atoms with E-state index in [-0.39, 0.29) is 17.2 Å². The van der Waals surface area contributed by atoms with Crippen LogP contribution in [0.25, 0.3) is 0 Å². The van der Waals surface area contributed by atoms with E-state index in [0.29, 0.717) is 17.1 Å². The number of hydrogen-bond donors (Lipinski definition) is 2. The van der Waals surface area contributed by atoms with Crippen LogP contribution in [0, 0.1) is 23.2 Å². The van der Waals surface area contributed by atoms with Crippen molar-refractivity contribution >= 4 is 34.0 Å². The zero-order valence-electron chi connectivity index (χ0n) is 15.8. The van der Waals surface area contributed by atoms with Gasteiger partial charge in [0, 0.05) is 29.2 Å². The summed E-state index contributed by atoms with van der Waals surface area (Å²) in [5.41, 5.74) is 1.54. The third-order valence-corrected chi connectivity index (χ3v) is 7.47. The summed E-state index contributed by atoms with van der Waals surface area (Å²) in [7, 11) is 0. The van der Waals surface area contributed by atoms with Crippen LogP contribution in [0.2, 0.25) is 0 Å². The Kier molecular flexibility index (Phi) is 4.46. The molecule has 2 N–H and O–H groups in total. The average molecular weight is 396 g/mol. The maximum Gasteiger partial charge on any atom is 0.257 e. The number of aromatic nitrogens is 1. The lowest BCUT2D eigenvalue weighted by Crippen LogP contribution is -2.47. The van der Waals surface area contributed by atoms with E-state index in [1.54, 1.807) is 30.5 Å². The summed E-state index contributed by atoms with van der Waals surface area (Å²) in [5, 5.41) is 8.21. The number of carbonyl (C=O) groups is 2. The summed E-state index contributed by atoms with van der Waals surface area (Å²) < 4.78 is 0. The van der Waals surface area contributed by atoms with Crippen molar-refractivity contribution in [1.29, 1.82) is 0 Å². The van der Waals surface area contributed by atoms with Gasteiger partial charge in [-0.3, -0.25) is 14.9 Å². The van der Waals surface area contributed by atoms with E-state index in [1.165, 1.54) is 49.9 Å². The first-order valence-electron chi connectivity index (χ1n) is 10.2. The molecule has 6 rings (SSSR count). The van der Waals surface area contributed by atoms with E-state index in [1.807, 2.05) is 5.38 Å². The largest absolute Gasteiger partial charge is 0.326 e. The number of anilines is 2. The van der Waals surface area contributed by atoms with Gasteiger partial charge in [0.1, 0.15) is 0 Å². The molecule has 4 aliphatic rings. The molecule has 0 atom stereocenters. The van der Waals surface area contributed by atoms with Gasteiger partial charge in [0.25, 0.3) is 5.91 Å². The highest BCUT2D eigenvalue weighted by molar-refractivity contribution is 7.13. The molecular weight excluding hydrogens is 370 g/mol. The Bertz CT molecular complexity index is 840. The monoisotopic (exact) mass is 395 g/mol. The molecule has 0 aliphatic heterocycles. The fourth-order valence-electron chi connectivity index (χ4n) is 6.21. The normalized spacial score (nSPS) is 30.2. The van der Waals surface area contributed by atoms with Crippen LogP contribution in [0.4, 0.5) is 10.8 Å². The molecule has 5 nitrogen and oxygen atoms in total. The van der Waals surface area contributed by atoms with E-state index >= 15 is 0 Å². The maximum atomic E-state index is 12.7. The number of nitrogens with one attached hydrogen (secondary N) is 2. The zero-order chi connectivity index (χ0) is 19.1. The lowest BCUT2D eigenvalue weighted by atomic mass is 9.49. The van der Waals surface area contributed by atoms with Crippen molar-refractivity contribution in [2.45, 2.75) is 44.9 Å². The highest BCUT2D eigenvalue weighted by Gasteiger charge is 2.51. The topological polar surface area (TPSA) is 71.1 Å². The molecule has 6 heteroatoms. The van der Waals surface area contributed by atoms with Crippen LogP contribution in [-0.4, -0.2) is 16.8 Å². The Hall–Kier alpha value is -2.21. The molecule has 1 aromatic heterocycles. The van der Waals surface area contributed by atoms with Gasteiger partial charge >= 0.3 is 0 Å². The van der Waals surface area contributed by atoms with Crippen LogP contribution in [0.1, 0.15) is 55.3 Å². The predicted molar refractivity (Wildman–Crippen MR) is 110 cm³/mol. The van der Waals surface area contributed by atoms with Crippen molar-refractivity contribution < 1.29 is 9.59 Å². The van der Waals surface area contributed by atoms with E-state index in [9.17, 15) is 9.59 Å². The molecule has 2 aromatic rings. The summed E-state index contributed by atoms with van der Waals surface area (Å²) in [6, 6.07) is 7.08. The van der Waals surface area contributed by atoms with E-state index < -0.39 is 0 Å². The van der Waals surface area contributed by atoms with Crippen LogP contribution >= 0.6 is 11.3 Å². The van der Waals surface area contributed by atoms with Crippen molar-refractivity contribution in [1.82, 2.24) is 4.98 Å². The molecule has 4 aliphatic carbocycles. The minimum absolute atomic E-state index is 0.113. The fourth-order valence-corrected chi connectivity index (χ4v) is 6.74. The second-order valence-electron chi connectivity index (χ2n) is 9.01. The summed E-state index contributed by atoms with van der Waals surface area (Å²) in [4.78, 5) is 29.0. The van der Waals surface area contributed by atoms with Crippen LogP contribution in [-0.2, 0) is 4.79 Å². The summed E-state index contributed by atoms with van der Waals surface area (Å²) in [6.07, 6.45) is 10.2. The summed E-state index contributed by atoms with van der Waals surface area (Å²) >= 11 is 1.38. The van der Waals surface area contributed by atoms with Crippen LogP contribution in [0.3, 0.4) is 0 Å². The summed E-state index contributed by atoms with van der Waals surface area (Å²) in [6.45, 7) is 0. The molecule has 2 amide bonds. The van der Waals surface area contributed by atoms with E-state index in [2.05, 4.69) is 15.6 Å². The molecule has 0 unspecified atom stereocenters. The molecule has 4 saturated carbocycles. The van der Waals surface area contributed by atoms with Crippen molar-refractivity contribution in [3.05, 3.63) is 41.4 Å². The molecule has 28 heavy (non-hydrogen) atoms. The second-order valence-corrected chi connectivity index (χ2v) is 9.91. The Labute approximate surface area is 168 Å². The van der Waals surface area contributed by atoms with Gasteiger partial charge in [-0.05, 0) is 86.0 Å². The predicted octanol–water partition coefficient (Wildman–Crippen LogP) is 4.94. The molecule has 4 fully saturated rings. The number of carbonyl (C=O) groups excluding carboxylic acids is 2. The molecule has 0 saturated heterocycles. The highest BCUT2D eigenvalue weighted by atomic mass is 32.1. The Morgan fingerprint density at radius 1 is 1.00 bits per heavy atom. The van der Waals surface area contributed by atoms with Crippen molar-refractivity contribution in [2.75, 3.05) is 10.6 Å². The number of amides is 2.